The average Bonchev–Trinajstić information content (AvgIpc) is 3.10. The SMILES string of the molecule is O=C(O)c1ccccc1CNC(=O)N1CCCC1c1ccccc1. The van der Waals surface area contributed by atoms with Gasteiger partial charge in [0.2, 0.25) is 0 Å². The van der Waals surface area contributed by atoms with Gasteiger partial charge in [0.05, 0.1) is 11.6 Å². The molecule has 1 saturated heterocycles. The van der Waals surface area contributed by atoms with Gasteiger partial charge in [0.15, 0.2) is 0 Å². The normalized spacial score (nSPS) is 16.8. The summed E-state index contributed by atoms with van der Waals surface area (Å²) in [6.07, 6.45) is 1.92. The molecule has 0 aromatic heterocycles. The summed E-state index contributed by atoms with van der Waals surface area (Å²) >= 11 is 0. The summed E-state index contributed by atoms with van der Waals surface area (Å²) in [6.45, 7) is 0.922. The Balaban J connectivity index is 1.68. The van der Waals surface area contributed by atoms with Gasteiger partial charge < -0.3 is 15.3 Å². The first kappa shape index (κ1) is 16.1. The number of nitrogens with one attached hydrogen (secondary N) is 1. The van der Waals surface area contributed by atoms with Gasteiger partial charge >= 0.3 is 12.0 Å². The van der Waals surface area contributed by atoms with Crippen LogP contribution in [0.1, 0.15) is 40.4 Å². The number of carboxylic acids is 1. The van der Waals surface area contributed by atoms with Crippen molar-refractivity contribution >= 4 is 12.0 Å². The van der Waals surface area contributed by atoms with Crippen LogP contribution in [0, 0.1) is 0 Å². The smallest absolute Gasteiger partial charge is 0.336 e. The summed E-state index contributed by atoms with van der Waals surface area (Å²) in [4.78, 5) is 25.6. The number of rotatable bonds is 4. The van der Waals surface area contributed by atoms with Crippen molar-refractivity contribution < 1.29 is 14.7 Å². The number of carbonyl (C=O) groups excluding carboxylic acids is 1. The monoisotopic (exact) mass is 324 g/mol. The molecule has 1 fully saturated rings. The summed E-state index contributed by atoms with van der Waals surface area (Å²) in [7, 11) is 0. The number of urea groups is 1. The van der Waals surface area contributed by atoms with Crippen molar-refractivity contribution in [3.63, 3.8) is 0 Å². The Morgan fingerprint density at radius 3 is 2.54 bits per heavy atom. The molecule has 2 aromatic carbocycles. The largest absolute Gasteiger partial charge is 0.478 e. The van der Waals surface area contributed by atoms with Crippen LogP contribution in [0.2, 0.25) is 0 Å². The van der Waals surface area contributed by atoms with Crippen LogP contribution >= 0.6 is 0 Å². The van der Waals surface area contributed by atoms with Gasteiger partial charge in [-0.1, -0.05) is 48.5 Å². The summed E-state index contributed by atoms with van der Waals surface area (Å²) < 4.78 is 0. The van der Waals surface area contributed by atoms with Crippen molar-refractivity contribution in [2.24, 2.45) is 0 Å². The number of likely N-dealkylation sites (tertiary alicyclic amines) is 1. The highest BCUT2D eigenvalue weighted by atomic mass is 16.4. The lowest BCUT2D eigenvalue weighted by Crippen LogP contribution is -2.39. The molecule has 2 N–H and O–H groups in total. The van der Waals surface area contributed by atoms with Crippen LogP contribution in [0.4, 0.5) is 4.79 Å². The Morgan fingerprint density at radius 1 is 1.08 bits per heavy atom. The van der Waals surface area contributed by atoms with E-state index >= 15 is 0 Å². The molecule has 3 rings (SSSR count). The third kappa shape index (κ3) is 3.40. The number of amides is 2. The topological polar surface area (TPSA) is 69.6 Å². The lowest BCUT2D eigenvalue weighted by Gasteiger charge is -2.25. The summed E-state index contributed by atoms with van der Waals surface area (Å²) in [6, 6.07) is 16.7. The zero-order valence-corrected chi connectivity index (χ0v) is 13.3. The van der Waals surface area contributed by atoms with Gasteiger partial charge in [0.1, 0.15) is 0 Å². The minimum atomic E-state index is -0.983. The van der Waals surface area contributed by atoms with Crippen LogP contribution < -0.4 is 5.32 Å². The second kappa shape index (κ2) is 7.17. The van der Waals surface area contributed by atoms with Crippen molar-refractivity contribution in [1.82, 2.24) is 10.2 Å². The number of hydrogen-bond donors (Lipinski definition) is 2. The number of benzene rings is 2. The summed E-state index contributed by atoms with van der Waals surface area (Å²) in [5.74, 6) is -0.983. The van der Waals surface area contributed by atoms with E-state index in [-0.39, 0.29) is 24.2 Å². The van der Waals surface area contributed by atoms with Crippen molar-refractivity contribution in [2.75, 3.05) is 6.54 Å². The standard InChI is InChI=1S/C19H20N2O3/c22-18(23)16-10-5-4-9-15(16)13-20-19(24)21-12-6-11-17(21)14-7-2-1-3-8-14/h1-5,7-10,17H,6,11-13H2,(H,20,24)(H,22,23). The molecule has 0 bridgehead atoms. The molecule has 124 valence electrons. The van der Waals surface area contributed by atoms with Crippen molar-refractivity contribution in [3.8, 4) is 0 Å². The minimum absolute atomic E-state index is 0.0842. The molecular formula is C19H20N2O3. The van der Waals surface area contributed by atoms with E-state index in [4.69, 9.17) is 0 Å². The molecule has 1 aliphatic rings. The van der Waals surface area contributed by atoms with Crippen LogP contribution in [0.15, 0.2) is 54.6 Å². The second-order valence-electron chi connectivity index (χ2n) is 5.88. The van der Waals surface area contributed by atoms with Gasteiger partial charge in [-0.05, 0) is 30.0 Å². The van der Waals surface area contributed by atoms with E-state index in [2.05, 4.69) is 5.32 Å². The Morgan fingerprint density at radius 2 is 1.79 bits per heavy atom. The number of nitrogens with zero attached hydrogens (tertiary/aromatic N) is 1. The molecule has 2 amide bonds. The highest BCUT2D eigenvalue weighted by Gasteiger charge is 2.29. The molecule has 5 nitrogen and oxygen atoms in total. The molecule has 5 heteroatoms. The molecule has 24 heavy (non-hydrogen) atoms. The van der Waals surface area contributed by atoms with E-state index in [0.717, 1.165) is 18.4 Å². The molecule has 1 aliphatic heterocycles. The summed E-state index contributed by atoms with van der Waals surface area (Å²) in [5, 5.41) is 12.1. The molecule has 0 saturated carbocycles. The van der Waals surface area contributed by atoms with Crippen LogP contribution in [-0.4, -0.2) is 28.6 Å². The van der Waals surface area contributed by atoms with Gasteiger partial charge in [-0.25, -0.2) is 9.59 Å². The van der Waals surface area contributed by atoms with Crippen LogP contribution in [0.5, 0.6) is 0 Å². The lowest BCUT2D eigenvalue weighted by atomic mass is 10.1. The van der Waals surface area contributed by atoms with Gasteiger partial charge in [-0.2, -0.15) is 0 Å². The minimum Gasteiger partial charge on any atom is -0.478 e. The van der Waals surface area contributed by atoms with E-state index < -0.39 is 5.97 Å². The fraction of sp³-hybridized carbons (Fsp3) is 0.263. The summed E-state index contributed by atoms with van der Waals surface area (Å²) in [5.41, 5.74) is 1.96. The fourth-order valence-corrected chi connectivity index (χ4v) is 3.19. The number of aromatic carboxylic acids is 1. The zero-order chi connectivity index (χ0) is 16.9. The van der Waals surface area contributed by atoms with E-state index in [1.807, 2.05) is 35.2 Å². The predicted molar refractivity (Wildman–Crippen MR) is 90.8 cm³/mol. The van der Waals surface area contributed by atoms with Crippen LogP contribution in [-0.2, 0) is 6.54 Å². The predicted octanol–water partition coefficient (Wildman–Crippen LogP) is 3.43. The third-order valence-corrected chi connectivity index (χ3v) is 4.38. The van der Waals surface area contributed by atoms with Gasteiger partial charge in [0, 0.05) is 13.1 Å². The van der Waals surface area contributed by atoms with Gasteiger partial charge in [-0.15, -0.1) is 0 Å². The first-order valence-corrected chi connectivity index (χ1v) is 8.07. The number of carboxylic acid groups (broad SMARTS) is 1. The zero-order valence-electron chi connectivity index (χ0n) is 13.3. The maximum absolute atomic E-state index is 12.6. The maximum atomic E-state index is 12.6. The van der Waals surface area contributed by atoms with Crippen molar-refractivity contribution in [1.29, 1.82) is 0 Å². The second-order valence-corrected chi connectivity index (χ2v) is 5.88. The molecule has 2 aromatic rings. The van der Waals surface area contributed by atoms with Crippen LogP contribution in [0.25, 0.3) is 0 Å². The van der Waals surface area contributed by atoms with E-state index in [0.29, 0.717) is 12.1 Å². The first-order valence-electron chi connectivity index (χ1n) is 8.07. The van der Waals surface area contributed by atoms with Crippen molar-refractivity contribution in [3.05, 3.63) is 71.3 Å². The Labute approximate surface area is 140 Å². The molecule has 0 aliphatic carbocycles. The third-order valence-electron chi connectivity index (χ3n) is 4.38. The Hall–Kier alpha value is -2.82. The molecule has 1 unspecified atom stereocenters. The first-order chi connectivity index (χ1) is 11.7. The van der Waals surface area contributed by atoms with E-state index in [1.54, 1.807) is 24.3 Å². The lowest BCUT2D eigenvalue weighted by molar-refractivity contribution is 0.0695. The number of carbonyl (C=O) groups is 2. The van der Waals surface area contributed by atoms with Gasteiger partial charge in [0.25, 0.3) is 0 Å². The average molecular weight is 324 g/mol. The quantitative estimate of drug-likeness (QED) is 0.905. The highest BCUT2D eigenvalue weighted by molar-refractivity contribution is 5.89. The van der Waals surface area contributed by atoms with Gasteiger partial charge in [-0.3, -0.25) is 0 Å². The molecule has 1 atom stereocenters. The highest BCUT2D eigenvalue weighted by Crippen LogP contribution is 2.31. The van der Waals surface area contributed by atoms with E-state index in [9.17, 15) is 14.7 Å². The van der Waals surface area contributed by atoms with Crippen LogP contribution in [0.3, 0.4) is 0 Å². The molecule has 0 radical (unpaired) electrons. The molecule has 0 spiro atoms. The molecule has 1 heterocycles. The Kier molecular flexibility index (Phi) is 4.79. The molecular weight excluding hydrogens is 304 g/mol. The Bertz CT molecular complexity index is 730. The maximum Gasteiger partial charge on any atom is 0.336 e. The number of hydrogen-bond acceptors (Lipinski definition) is 2. The fourth-order valence-electron chi connectivity index (χ4n) is 3.19. The van der Waals surface area contributed by atoms with Crippen molar-refractivity contribution in [2.45, 2.75) is 25.4 Å². The van der Waals surface area contributed by atoms with E-state index in [1.165, 1.54) is 0 Å².